The molecule has 0 amide bonds. The summed E-state index contributed by atoms with van der Waals surface area (Å²) in [4.78, 5) is 3.87. The minimum absolute atomic E-state index is 0.944. The van der Waals surface area contributed by atoms with Crippen LogP contribution in [0, 0.1) is 0 Å². The molecule has 0 aliphatic heterocycles. The molecule has 0 fully saturated rings. The number of nitrogens with one attached hydrogen (secondary N) is 1. The number of hydrogen-bond acceptors (Lipinski definition) is 3. The normalized spacial score (nSPS) is 11.3. The van der Waals surface area contributed by atoms with Gasteiger partial charge in [0.1, 0.15) is 0 Å². The Labute approximate surface area is 119 Å². The molecule has 2 nitrogen and oxygen atoms in total. The Morgan fingerprint density at radius 3 is 2.84 bits per heavy atom. The quantitative estimate of drug-likeness (QED) is 0.776. The molecule has 2 aromatic rings. The first-order valence-corrected chi connectivity index (χ1v) is 7.59. The van der Waals surface area contributed by atoms with E-state index in [9.17, 15) is 0 Å². The number of fused-ring (bicyclic) bond motifs is 1. The number of nitrogens with zero attached hydrogens (tertiary/aromatic N) is 1. The molecule has 0 radical (unpaired) electrons. The third kappa shape index (κ3) is 3.24. The second-order valence-corrected chi connectivity index (χ2v) is 5.78. The molecule has 0 spiro atoms. The van der Waals surface area contributed by atoms with Crippen LogP contribution >= 0.6 is 11.3 Å². The Bertz CT molecular complexity index is 545. The molecule has 0 saturated carbocycles. The zero-order valence-corrected chi connectivity index (χ0v) is 12.6. The molecule has 0 unspecified atom stereocenters. The summed E-state index contributed by atoms with van der Waals surface area (Å²) in [5.41, 5.74) is 1.47. The van der Waals surface area contributed by atoms with E-state index in [-0.39, 0.29) is 0 Å². The van der Waals surface area contributed by atoms with Gasteiger partial charge in [0.2, 0.25) is 0 Å². The molecule has 1 aromatic carbocycles. The average molecular weight is 274 g/mol. The van der Waals surface area contributed by atoms with Gasteiger partial charge >= 0.3 is 0 Å². The van der Waals surface area contributed by atoms with Gasteiger partial charge in [-0.05, 0) is 30.6 Å². The van der Waals surface area contributed by atoms with Crippen molar-refractivity contribution in [3.63, 3.8) is 0 Å². The van der Waals surface area contributed by atoms with Crippen LogP contribution in [0.5, 0.6) is 0 Å². The van der Waals surface area contributed by atoms with Crippen molar-refractivity contribution in [3.8, 4) is 0 Å². The highest BCUT2D eigenvalue weighted by Crippen LogP contribution is 2.32. The van der Waals surface area contributed by atoms with Crippen LogP contribution in [-0.2, 0) is 13.1 Å². The number of rotatable bonds is 7. The maximum absolute atomic E-state index is 3.85. The second-order valence-electron chi connectivity index (χ2n) is 4.65. The number of hydrogen-bond donors (Lipinski definition) is 1. The summed E-state index contributed by atoms with van der Waals surface area (Å²) in [6.45, 7) is 9.99. The van der Waals surface area contributed by atoms with Crippen molar-refractivity contribution < 1.29 is 0 Å². The fourth-order valence-corrected chi connectivity index (χ4v) is 3.57. The van der Waals surface area contributed by atoms with Gasteiger partial charge in [0.25, 0.3) is 0 Å². The largest absolute Gasteiger partial charge is 0.315 e. The van der Waals surface area contributed by atoms with Crippen LogP contribution < -0.4 is 5.32 Å². The molecule has 0 bridgehead atoms. The van der Waals surface area contributed by atoms with Crippen LogP contribution in [0.4, 0.5) is 0 Å². The topological polar surface area (TPSA) is 15.3 Å². The molecule has 0 aliphatic rings. The first kappa shape index (κ1) is 14.3. The van der Waals surface area contributed by atoms with Gasteiger partial charge in [0, 0.05) is 29.2 Å². The predicted octanol–water partition coefficient (Wildman–Crippen LogP) is 3.63. The van der Waals surface area contributed by atoms with Gasteiger partial charge in [-0.25, -0.2) is 0 Å². The molecular formula is C16H22N2S. The summed E-state index contributed by atoms with van der Waals surface area (Å²) in [5, 5.41) is 4.68. The summed E-state index contributed by atoms with van der Waals surface area (Å²) in [5.74, 6) is 0. The molecule has 2 rings (SSSR count). The second kappa shape index (κ2) is 6.85. The monoisotopic (exact) mass is 274 g/mol. The molecule has 1 N–H and O–H groups in total. The van der Waals surface area contributed by atoms with E-state index in [0.29, 0.717) is 0 Å². The summed E-state index contributed by atoms with van der Waals surface area (Å²) >= 11 is 1.90. The van der Waals surface area contributed by atoms with E-state index in [4.69, 9.17) is 0 Å². The molecular weight excluding hydrogens is 252 g/mol. The lowest BCUT2D eigenvalue weighted by Gasteiger charge is -2.19. The lowest BCUT2D eigenvalue weighted by atomic mass is 10.1. The Morgan fingerprint density at radius 1 is 1.37 bits per heavy atom. The molecule has 0 aliphatic carbocycles. The van der Waals surface area contributed by atoms with Crippen molar-refractivity contribution in [3.05, 3.63) is 47.4 Å². The molecule has 1 aromatic heterocycles. The third-order valence-electron chi connectivity index (χ3n) is 3.34. The first-order chi connectivity index (χ1) is 9.30. The number of benzene rings is 1. The Morgan fingerprint density at radius 2 is 2.16 bits per heavy atom. The molecule has 19 heavy (non-hydrogen) atoms. The van der Waals surface area contributed by atoms with Crippen molar-refractivity contribution in [1.82, 2.24) is 10.2 Å². The van der Waals surface area contributed by atoms with Crippen molar-refractivity contribution in [2.45, 2.75) is 20.0 Å². The van der Waals surface area contributed by atoms with E-state index in [0.717, 1.165) is 26.2 Å². The highest BCUT2D eigenvalue weighted by Gasteiger charge is 2.13. The van der Waals surface area contributed by atoms with Crippen molar-refractivity contribution in [1.29, 1.82) is 0 Å². The van der Waals surface area contributed by atoms with E-state index in [1.807, 2.05) is 24.5 Å². The van der Waals surface area contributed by atoms with Gasteiger partial charge in [-0.15, -0.1) is 17.9 Å². The van der Waals surface area contributed by atoms with Crippen molar-refractivity contribution >= 4 is 21.4 Å². The van der Waals surface area contributed by atoms with E-state index in [2.05, 4.69) is 48.0 Å². The van der Waals surface area contributed by atoms with Crippen molar-refractivity contribution in [2.75, 3.05) is 20.1 Å². The fourth-order valence-electron chi connectivity index (χ4n) is 2.34. The van der Waals surface area contributed by atoms with Gasteiger partial charge in [-0.1, -0.05) is 31.2 Å². The smallest absolute Gasteiger partial charge is 0.0349 e. The fraction of sp³-hybridized carbons (Fsp3) is 0.375. The lowest BCUT2D eigenvalue weighted by molar-refractivity contribution is 0.312. The molecule has 1 heterocycles. The SMILES string of the molecule is C=CCN(CC)Cc1c(CNC)sc2ccccc12. The van der Waals surface area contributed by atoms with E-state index >= 15 is 0 Å². The zero-order valence-electron chi connectivity index (χ0n) is 11.8. The number of thiophene rings is 1. The van der Waals surface area contributed by atoms with Gasteiger partial charge in [-0.2, -0.15) is 0 Å². The Balaban J connectivity index is 2.37. The first-order valence-electron chi connectivity index (χ1n) is 6.77. The highest BCUT2D eigenvalue weighted by atomic mass is 32.1. The van der Waals surface area contributed by atoms with E-state index < -0.39 is 0 Å². The Hall–Kier alpha value is -1.16. The standard InChI is InChI=1S/C16H22N2S/c1-4-10-18(5-2)12-14-13-8-6-7-9-15(13)19-16(14)11-17-3/h4,6-9,17H,1,5,10-12H2,2-3H3. The maximum atomic E-state index is 3.85. The summed E-state index contributed by atoms with van der Waals surface area (Å²) < 4.78 is 1.39. The van der Waals surface area contributed by atoms with Crippen LogP contribution in [0.25, 0.3) is 10.1 Å². The van der Waals surface area contributed by atoms with E-state index in [1.54, 1.807) is 0 Å². The van der Waals surface area contributed by atoms with Crippen LogP contribution in [-0.4, -0.2) is 25.0 Å². The highest BCUT2D eigenvalue weighted by molar-refractivity contribution is 7.19. The summed E-state index contributed by atoms with van der Waals surface area (Å²) in [7, 11) is 2.01. The lowest BCUT2D eigenvalue weighted by Crippen LogP contribution is -2.23. The molecule has 102 valence electrons. The minimum Gasteiger partial charge on any atom is -0.315 e. The van der Waals surface area contributed by atoms with Crippen LogP contribution in [0.15, 0.2) is 36.9 Å². The van der Waals surface area contributed by atoms with Crippen LogP contribution in [0.2, 0.25) is 0 Å². The van der Waals surface area contributed by atoms with Crippen LogP contribution in [0.1, 0.15) is 17.4 Å². The van der Waals surface area contributed by atoms with Gasteiger partial charge in [-0.3, -0.25) is 4.90 Å². The summed E-state index contributed by atoms with van der Waals surface area (Å²) in [6.07, 6.45) is 1.98. The van der Waals surface area contributed by atoms with Gasteiger partial charge in [0.15, 0.2) is 0 Å². The van der Waals surface area contributed by atoms with Crippen molar-refractivity contribution in [2.24, 2.45) is 0 Å². The Kier molecular flexibility index (Phi) is 5.14. The predicted molar refractivity (Wildman–Crippen MR) is 85.7 cm³/mol. The third-order valence-corrected chi connectivity index (χ3v) is 4.55. The average Bonchev–Trinajstić information content (AvgIpc) is 2.77. The molecule has 3 heteroatoms. The van der Waals surface area contributed by atoms with Crippen LogP contribution in [0.3, 0.4) is 0 Å². The molecule has 0 saturated heterocycles. The summed E-state index contributed by atoms with van der Waals surface area (Å²) in [6, 6.07) is 8.70. The maximum Gasteiger partial charge on any atom is 0.0349 e. The number of likely N-dealkylation sites (N-methyl/N-ethyl adjacent to an activating group) is 1. The zero-order chi connectivity index (χ0) is 13.7. The van der Waals surface area contributed by atoms with Gasteiger partial charge < -0.3 is 5.32 Å². The van der Waals surface area contributed by atoms with E-state index in [1.165, 1.54) is 20.5 Å². The minimum atomic E-state index is 0.944. The molecule has 0 atom stereocenters. The van der Waals surface area contributed by atoms with Gasteiger partial charge in [0.05, 0.1) is 0 Å².